The van der Waals surface area contributed by atoms with Gasteiger partial charge in [0.25, 0.3) is 0 Å². The molecule has 5 heteroatoms. The normalized spacial score (nSPS) is 10.7. The Labute approximate surface area is 113 Å². The Bertz CT molecular complexity index is 842. The van der Waals surface area contributed by atoms with Gasteiger partial charge in [-0.15, -0.1) is 0 Å². The molecule has 0 unspecified atom stereocenters. The first kappa shape index (κ1) is 12.3. The van der Waals surface area contributed by atoms with E-state index in [0.29, 0.717) is 17.1 Å². The van der Waals surface area contributed by atoms with Gasteiger partial charge in [0.05, 0.1) is 0 Å². The van der Waals surface area contributed by atoms with Crippen LogP contribution in [0.3, 0.4) is 0 Å². The molecule has 100 valence electrons. The van der Waals surface area contributed by atoms with Crippen LogP contribution in [-0.4, -0.2) is 4.98 Å². The number of halogens is 1. The van der Waals surface area contributed by atoms with E-state index >= 15 is 0 Å². The maximum atomic E-state index is 13.0. The molecule has 3 aromatic rings. The number of hydrogen-bond acceptors (Lipinski definition) is 4. The number of benzene rings is 1. The van der Waals surface area contributed by atoms with Gasteiger partial charge in [0.1, 0.15) is 17.1 Å². The van der Waals surface area contributed by atoms with Gasteiger partial charge < -0.3 is 9.15 Å². The molecule has 0 saturated carbocycles. The number of pyridine rings is 1. The molecule has 2 aromatic heterocycles. The van der Waals surface area contributed by atoms with Crippen molar-refractivity contribution in [1.82, 2.24) is 4.98 Å². The zero-order valence-corrected chi connectivity index (χ0v) is 10.6. The molecule has 0 bridgehead atoms. The first-order chi connectivity index (χ1) is 9.61. The topological polar surface area (TPSA) is 52.3 Å². The van der Waals surface area contributed by atoms with Gasteiger partial charge in [0.15, 0.2) is 0 Å². The lowest BCUT2D eigenvalue weighted by atomic mass is 10.1. The second kappa shape index (κ2) is 4.77. The van der Waals surface area contributed by atoms with Gasteiger partial charge in [-0.25, -0.2) is 9.78 Å². The van der Waals surface area contributed by atoms with E-state index in [1.54, 1.807) is 24.3 Å². The highest BCUT2D eigenvalue weighted by Crippen LogP contribution is 2.26. The van der Waals surface area contributed by atoms with Crippen LogP contribution in [0.2, 0.25) is 0 Å². The molecule has 0 saturated heterocycles. The predicted molar refractivity (Wildman–Crippen MR) is 71.5 cm³/mol. The lowest BCUT2D eigenvalue weighted by molar-refractivity contribution is 0.470. The Hall–Kier alpha value is -2.69. The van der Waals surface area contributed by atoms with Crippen molar-refractivity contribution in [3.63, 3.8) is 0 Å². The van der Waals surface area contributed by atoms with Crippen LogP contribution < -0.4 is 10.4 Å². The number of rotatable bonds is 2. The van der Waals surface area contributed by atoms with E-state index in [0.717, 1.165) is 10.9 Å². The van der Waals surface area contributed by atoms with Crippen molar-refractivity contribution in [2.75, 3.05) is 0 Å². The number of nitrogens with zero attached hydrogens (tertiary/aromatic N) is 1. The fraction of sp³-hybridized carbons (Fsp3) is 0.0667. The lowest BCUT2D eigenvalue weighted by Crippen LogP contribution is -1.97. The van der Waals surface area contributed by atoms with Gasteiger partial charge >= 0.3 is 5.63 Å². The third kappa shape index (κ3) is 2.38. The van der Waals surface area contributed by atoms with Gasteiger partial charge in [-0.2, -0.15) is 4.39 Å². The second-order valence-electron chi connectivity index (χ2n) is 4.32. The zero-order valence-electron chi connectivity index (χ0n) is 10.6. The van der Waals surface area contributed by atoms with Gasteiger partial charge in [-0.05, 0) is 30.7 Å². The molecule has 0 radical (unpaired) electrons. The molecule has 20 heavy (non-hydrogen) atoms. The average Bonchev–Trinajstić information content (AvgIpc) is 2.38. The molecular weight excluding hydrogens is 261 g/mol. The number of aromatic nitrogens is 1. The van der Waals surface area contributed by atoms with Crippen molar-refractivity contribution in [3.05, 3.63) is 64.5 Å². The average molecular weight is 271 g/mol. The maximum absolute atomic E-state index is 13.0. The van der Waals surface area contributed by atoms with E-state index < -0.39 is 11.6 Å². The summed E-state index contributed by atoms with van der Waals surface area (Å²) < 4.78 is 23.6. The minimum absolute atomic E-state index is 0.326. The number of aryl methyl sites for hydroxylation is 1. The van der Waals surface area contributed by atoms with Crippen molar-refractivity contribution in [2.24, 2.45) is 0 Å². The summed E-state index contributed by atoms with van der Waals surface area (Å²) in [5.41, 5.74) is 0.849. The van der Waals surface area contributed by atoms with Crippen LogP contribution in [0.25, 0.3) is 11.0 Å². The SMILES string of the molecule is Cc1cc(=O)oc2cc(Oc3ccnc(F)c3)ccc12. The third-order valence-electron chi connectivity index (χ3n) is 2.86. The molecule has 0 amide bonds. The van der Waals surface area contributed by atoms with E-state index in [1.807, 2.05) is 6.92 Å². The molecule has 0 atom stereocenters. The summed E-state index contributed by atoms with van der Waals surface area (Å²) in [6.45, 7) is 1.83. The summed E-state index contributed by atoms with van der Waals surface area (Å²) in [6, 6.07) is 9.27. The Morgan fingerprint density at radius 1 is 1.15 bits per heavy atom. The number of ether oxygens (including phenoxy) is 1. The molecule has 1 aromatic carbocycles. The fourth-order valence-corrected chi connectivity index (χ4v) is 1.95. The Balaban J connectivity index is 2.03. The van der Waals surface area contributed by atoms with Gasteiger partial charge in [0.2, 0.25) is 5.95 Å². The highest BCUT2D eigenvalue weighted by Gasteiger charge is 2.05. The van der Waals surface area contributed by atoms with Crippen LogP contribution >= 0.6 is 0 Å². The predicted octanol–water partition coefficient (Wildman–Crippen LogP) is 3.43. The third-order valence-corrected chi connectivity index (χ3v) is 2.86. The van der Waals surface area contributed by atoms with Crippen LogP contribution in [0.1, 0.15) is 5.56 Å². The molecule has 0 aliphatic carbocycles. The van der Waals surface area contributed by atoms with E-state index in [2.05, 4.69) is 4.98 Å². The molecule has 0 fully saturated rings. The van der Waals surface area contributed by atoms with Crippen LogP contribution in [0, 0.1) is 12.9 Å². The smallest absolute Gasteiger partial charge is 0.336 e. The largest absolute Gasteiger partial charge is 0.457 e. The van der Waals surface area contributed by atoms with Crippen LogP contribution in [0.4, 0.5) is 4.39 Å². The number of hydrogen-bond donors (Lipinski definition) is 0. The van der Waals surface area contributed by atoms with Crippen molar-refractivity contribution >= 4 is 11.0 Å². The summed E-state index contributed by atoms with van der Waals surface area (Å²) in [6.07, 6.45) is 1.32. The monoisotopic (exact) mass is 271 g/mol. The van der Waals surface area contributed by atoms with Crippen molar-refractivity contribution in [1.29, 1.82) is 0 Å². The van der Waals surface area contributed by atoms with Crippen LogP contribution in [-0.2, 0) is 0 Å². The zero-order chi connectivity index (χ0) is 14.1. The van der Waals surface area contributed by atoms with Crippen molar-refractivity contribution in [2.45, 2.75) is 6.92 Å². The Morgan fingerprint density at radius 3 is 2.75 bits per heavy atom. The first-order valence-corrected chi connectivity index (χ1v) is 5.96. The molecule has 2 heterocycles. The summed E-state index contributed by atoms with van der Waals surface area (Å²) in [5.74, 6) is 0.161. The van der Waals surface area contributed by atoms with E-state index in [-0.39, 0.29) is 0 Å². The van der Waals surface area contributed by atoms with Gasteiger partial charge in [-0.3, -0.25) is 0 Å². The maximum Gasteiger partial charge on any atom is 0.336 e. The quantitative estimate of drug-likeness (QED) is 0.529. The fourth-order valence-electron chi connectivity index (χ4n) is 1.95. The molecule has 0 N–H and O–H groups in total. The standard InChI is InChI=1S/C15H10FNO3/c1-9-6-15(18)20-13-7-10(2-3-12(9)13)19-11-4-5-17-14(16)8-11/h2-8H,1H3. The summed E-state index contributed by atoms with van der Waals surface area (Å²) in [7, 11) is 0. The molecular formula is C15H10FNO3. The van der Waals surface area contributed by atoms with E-state index in [4.69, 9.17) is 9.15 Å². The molecule has 0 spiro atoms. The van der Waals surface area contributed by atoms with Crippen LogP contribution in [0.5, 0.6) is 11.5 Å². The van der Waals surface area contributed by atoms with Gasteiger partial charge in [-0.1, -0.05) is 0 Å². The molecule has 4 nitrogen and oxygen atoms in total. The van der Waals surface area contributed by atoms with Crippen molar-refractivity contribution in [3.8, 4) is 11.5 Å². The Kier molecular flexibility index (Phi) is 2.95. The first-order valence-electron chi connectivity index (χ1n) is 5.96. The summed E-state index contributed by atoms with van der Waals surface area (Å²) in [5, 5.41) is 0.831. The Morgan fingerprint density at radius 2 is 1.95 bits per heavy atom. The minimum Gasteiger partial charge on any atom is -0.457 e. The van der Waals surface area contributed by atoms with E-state index in [1.165, 1.54) is 18.3 Å². The highest BCUT2D eigenvalue weighted by atomic mass is 19.1. The second-order valence-corrected chi connectivity index (χ2v) is 4.32. The van der Waals surface area contributed by atoms with Gasteiger partial charge in [0, 0.05) is 29.8 Å². The molecule has 0 aliphatic rings. The highest BCUT2D eigenvalue weighted by molar-refractivity contribution is 5.81. The number of fused-ring (bicyclic) bond motifs is 1. The summed E-state index contributed by atoms with van der Waals surface area (Å²) in [4.78, 5) is 14.8. The summed E-state index contributed by atoms with van der Waals surface area (Å²) >= 11 is 0. The van der Waals surface area contributed by atoms with Crippen LogP contribution in [0.15, 0.2) is 51.8 Å². The molecule has 0 aliphatic heterocycles. The molecule has 3 rings (SSSR count). The minimum atomic E-state index is -0.620. The van der Waals surface area contributed by atoms with E-state index in [9.17, 15) is 9.18 Å². The lowest BCUT2D eigenvalue weighted by Gasteiger charge is -2.07. The van der Waals surface area contributed by atoms with Crippen molar-refractivity contribution < 1.29 is 13.5 Å².